The minimum absolute atomic E-state index is 0.288. The third kappa shape index (κ3) is 1.95. The summed E-state index contributed by atoms with van der Waals surface area (Å²) in [6.07, 6.45) is 6.52. The van der Waals surface area contributed by atoms with Crippen LogP contribution in [0.25, 0.3) is 0 Å². The average molecular weight is 194 g/mol. The van der Waals surface area contributed by atoms with Crippen LogP contribution in [-0.2, 0) is 6.54 Å². The van der Waals surface area contributed by atoms with Crippen LogP contribution < -0.4 is 11.2 Å². The highest BCUT2D eigenvalue weighted by Gasteiger charge is 2.15. The van der Waals surface area contributed by atoms with Gasteiger partial charge < -0.3 is 4.57 Å². The van der Waals surface area contributed by atoms with Crippen molar-refractivity contribution in [2.45, 2.75) is 32.2 Å². The summed E-state index contributed by atoms with van der Waals surface area (Å²) in [6, 6.07) is 1.40. The minimum Gasteiger partial charge on any atom is -0.300 e. The van der Waals surface area contributed by atoms with Crippen LogP contribution in [0.2, 0.25) is 0 Å². The fourth-order valence-electron chi connectivity index (χ4n) is 2.06. The third-order valence-electron chi connectivity index (χ3n) is 2.83. The number of rotatable bonds is 2. The Morgan fingerprint density at radius 1 is 1.36 bits per heavy atom. The predicted octanol–water partition coefficient (Wildman–Crippen LogP) is 0.727. The van der Waals surface area contributed by atoms with Gasteiger partial charge in [-0.3, -0.25) is 9.78 Å². The molecule has 1 N–H and O–H groups in total. The summed E-state index contributed by atoms with van der Waals surface area (Å²) in [5.74, 6) is 0.610. The first-order valence-corrected chi connectivity index (χ1v) is 5.05. The van der Waals surface area contributed by atoms with Gasteiger partial charge in [0.1, 0.15) is 0 Å². The summed E-state index contributed by atoms with van der Waals surface area (Å²) in [4.78, 5) is 24.4. The van der Waals surface area contributed by atoms with E-state index in [1.807, 2.05) is 0 Å². The van der Waals surface area contributed by atoms with Crippen molar-refractivity contribution >= 4 is 0 Å². The zero-order chi connectivity index (χ0) is 9.97. The molecule has 0 saturated heterocycles. The lowest BCUT2D eigenvalue weighted by Gasteiger charge is -2.09. The highest BCUT2D eigenvalue weighted by atomic mass is 16.2. The lowest BCUT2D eigenvalue weighted by molar-refractivity contribution is 0.443. The molecule has 0 spiro atoms. The van der Waals surface area contributed by atoms with Crippen molar-refractivity contribution in [2.75, 3.05) is 0 Å². The van der Waals surface area contributed by atoms with Crippen molar-refractivity contribution in [1.29, 1.82) is 0 Å². The summed E-state index contributed by atoms with van der Waals surface area (Å²) in [7, 11) is 0. The van der Waals surface area contributed by atoms with E-state index in [1.54, 1.807) is 10.8 Å². The van der Waals surface area contributed by atoms with Gasteiger partial charge in [0.2, 0.25) is 0 Å². The molecule has 0 atom stereocenters. The smallest absolute Gasteiger partial charge is 0.300 e. The van der Waals surface area contributed by atoms with E-state index in [0.717, 1.165) is 6.54 Å². The molecule has 0 aromatic carbocycles. The van der Waals surface area contributed by atoms with Gasteiger partial charge in [-0.15, -0.1) is 0 Å². The molecule has 4 heteroatoms. The molecule has 1 heterocycles. The lowest BCUT2D eigenvalue weighted by Crippen LogP contribution is -2.30. The Kier molecular flexibility index (Phi) is 2.52. The third-order valence-corrected chi connectivity index (χ3v) is 2.83. The van der Waals surface area contributed by atoms with Crippen LogP contribution in [0, 0.1) is 5.92 Å². The Balaban J connectivity index is 2.16. The molecule has 4 nitrogen and oxygen atoms in total. The average Bonchev–Trinajstić information content (AvgIpc) is 2.62. The molecule has 0 aliphatic heterocycles. The van der Waals surface area contributed by atoms with Crippen LogP contribution >= 0.6 is 0 Å². The summed E-state index contributed by atoms with van der Waals surface area (Å²) >= 11 is 0. The predicted molar refractivity (Wildman–Crippen MR) is 53.3 cm³/mol. The Bertz CT molecular complexity index is 413. The first-order chi connectivity index (χ1) is 6.75. The molecule has 1 saturated carbocycles. The first-order valence-electron chi connectivity index (χ1n) is 5.05. The maximum Gasteiger partial charge on any atom is 0.328 e. The Morgan fingerprint density at radius 3 is 2.71 bits per heavy atom. The standard InChI is InChI=1S/C10H14N2O2/c13-9-5-6-12(10(14)11-9)7-8-3-1-2-4-8/h5-6,8H,1-4,7H2,(H,11,13,14). The summed E-state index contributed by atoms with van der Waals surface area (Å²) in [6.45, 7) is 0.746. The van der Waals surface area contributed by atoms with Crippen LogP contribution in [0.4, 0.5) is 0 Å². The van der Waals surface area contributed by atoms with Crippen molar-refractivity contribution in [2.24, 2.45) is 5.92 Å². The monoisotopic (exact) mass is 194 g/mol. The maximum atomic E-state index is 11.3. The van der Waals surface area contributed by atoms with Crippen molar-refractivity contribution in [3.63, 3.8) is 0 Å². The van der Waals surface area contributed by atoms with E-state index in [0.29, 0.717) is 5.92 Å². The molecule has 0 unspecified atom stereocenters. The maximum absolute atomic E-state index is 11.3. The van der Waals surface area contributed by atoms with E-state index < -0.39 is 0 Å². The minimum atomic E-state index is -0.322. The second-order valence-corrected chi connectivity index (χ2v) is 3.91. The molecule has 2 rings (SSSR count). The van der Waals surface area contributed by atoms with Crippen molar-refractivity contribution < 1.29 is 0 Å². The van der Waals surface area contributed by atoms with E-state index in [-0.39, 0.29) is 11.2 Å². The molecule has 1 aromatic heterocycles. The van der Waals surface area contributed by atoms with Gasteiger partial charge in [-0.05, 0) is 18.8 Å². The van der Waals surface area contributed by atoms with Gasteiger partial charge in [0, 0.05) is 18.8 Å². The number of nitrogens with zero attached hydrogens (tertiary/aromatic N) is 1. The number of hydrogen-bond acceptors (Lipinski definition) is 2. The van der Waals surface area contributed by atoms with Gasteiger partial charge in [-0.25, -0.2) is 4.79 Å². The normalized spacial score (nSPS) is 17.4. The largest absolute Gasteiger partial charge is 0.328 e. The second-order valence-electron chi connectivity index (χ2n) is 3.91. The molecule has 1 fully saturated rings. The fourth-order valence-corrected chi connectivity index (χ4v) is 2.06. The topological polar surface area (TPSA) is 54.9 Å². The molecule has 76 valence electrons. The first kappa shape index (κ1) is 9.24. The fraction of sp³-hybridized carbons (Fsp3) is 0.600. The molecule has 0 bridgehead atoms. The van der Waals surface area contributed by atoms with Gasteiger partial charge in [-0.2, -0.15) is 0 Å². The zero-order valence-electron chi connectivity index (χ0n) is 8.03. The van der Waals surface area contributed by atoms with Gasteiger partial charge in [0.15, 0.2) is 0 Å². The lowest BCUT2D eigenvalue weighted by atomic mass is 10.1. The number of hydrogen-bond donors (Lipinski definition) is 1. The van der Waals surface area contributed by atoms with Gasteiger partial charge in [-0.1, -0.05) is 12.8 Å². The van der Waals surface area contributed by atoms with E-state index in [9.17, 15) is 9.59 Å². The molecule has 0 radical (unpaired) electrons. The Hall–Kier alpha value is -1.32. The van der Waals surface area contributed by atoms with Crippen LogP contribution in [0.15, 0.2) is 21.9 Å². The van der Waals surface area contributed by atoms with Gasteiger partial charge >= 0.3 is 5.69 Å². The van der Waals surface area contributed by atoms with Crippen molar-refractivity contribution in [3.05, 3.63) is 33.1 Å². The van der Waals surface area contributed by atoms with Crippen molar-refractivity contribution in [3.8, 4) is 0 Å². The number of aromatic amines is 1. The summed E-state index contributed by atoms with van der Waals surface area (Å²) in [5.41, 5.74) is -0.609. The van der Waals surface area contributed by atoms with Gasteiger partial charge in [0.25, 0.3) is 5.56 Å². The molecule has 0 amide bonds. The Morgan fingerprint density at radius 2 is 2.07 bits per heavy atom. The molecule has 1 aromatic rings. The molecular weight excluding hydrogens is 180 g/mol. The van der Waals surface area contributed by atoms with E-state index >= 15 is 0 Å². The number of H-pyrrole nitrogens is 1. The highest BCUT2D eigenvalue weighted by Crippen LogP contribution is 2.25. The molecule has 1 aliphatic rings. The van der Waals surface area contributed by atoms with E-state index in [4.69, 9.17) is 0 Å². The van der Waals surface area contributed by atoms with Crippen LogP contribution in [0.3, 0.4) is 0 Å². The molecular formula is C10H14N2O2. The quantitative estimate of drug-likeness (QED) is 0.754. The summed E-state index contributed by atoms with van der Waals surface area (Å²) in [5, 5.41) is 0. The number of nitrogens with one attached hydrogen (secondary N) is 1. The summed E-state index contributed by atoms with van der Waals surface area (Å²) < 4.78 is 1.59. The highest BCUT2D eigenvalue weighted by molar-refractivity contribution is 4.83. The molecule has 1 aliphatic carbocycles. The van der Waals surface area contributed by atoms with Gasteiger partial charge in [0.05, 0.1) is 0 Å². The zero-order valence-corrected chi connectivity index (χ0v) is 8.03. The van der Waals surface area contributed by atoms with Crippen molar-refractivity contribution in [1.82, 2.24) is 9.55 Å². The SMILES string of the molecule is O=c1ccn(CC2CCCC2)c(=O)[nH]1. The Labute approximate surface area is 81.6 Å². The molecule has 14 heavy (non-hydrogen) atoms. The van der Waals surface area contributed by atoms with Crippen LogP contribution in [0.5, 0.6) is 0 Å². The van der Waals surface area contributed by atoms with Crippen LogP contribution in [-0.4, -0.2) is 9.55 Å². The van der Waals surface area contributed by atoms with E-state index in [1.165, 1.54) is 31.7 Å². The second kappa shape index (κ2) is 3.82. The van der Waals surface area contributed by atoms with Crippen LogP contribution in [0.1, 0.15) is 25.7 Å². The van der Waals surface area contributed by atoms with E-state index in [2.05, 4.69) is 4.98 Å². The number of aromatic nitrogens is 2.